The van der Waals surface area contributed by atoms with Gasteiger partial charge in [0.25, 0.3) is 0 Å². The zero-order valence-corrected chi connectivity index (χ0v) is 9.06. The van der Waals surface area contributed by atoms with Crippen LogP contribution in [0.15, 0.2) is 0 Å². The second-order valence-corrected chi connectivity index (χ2v) is 3.63. The van der Waals surface area contributed by atoms with Crippen molar-refractivity contribution in [3.8, 4) is 0 Å². The van der Waals surface area contributed by atoms with Gasteiger partial charge in [0.05, 0.1) is 24.9 Å². The molecule has 1 amide bonds. The van der Waals surface area contributed by atoms with E-state index in [4.69, 9.17) is 5.11 Å². The minimum absolute atomic E-state index is 0.115. The minimum Gasteiger partial charge on any atom is -0.481 e. The van der Waals surface area contributed by atoms with E-state index < -0.39 is 17.8 Å². The molecule has 0 radical (unpaired) electrons. The SMILES string of the molecule is CCOC(=O)CCNC(=O)C1CC1C(=O)O. The topological polar surface area (TPSA) is 92.7 Å². The first-order valence-electron chi connectivity index (χ1n) is 5.22. The third-order valence-electron chi connectivity index (χ3n) is 2.38. The van der Waals surface area contributed by atoms with Crippen LogP contribution in [0.4, 0.5) is 0 Å². The van der Waals surface area contributed by atoms with E-state index in [0.717, 1.165) is 0 Å². The van der Waals surface area contributed by atoms with Crippen molar-refractivity contribution in [2.45, 2.75) is 19.8 Å². The lowest BCUT2D eigenvalue weighted by atomic mass is 10.3. The minimum atomic E-state index is -0.939. The van der Waals surface area contributed by atoms with E-state index >= 15 is 0 Å². The summed E-state index contributed by atoms with van der Waals surface area (Å²) in [5.74, 6) is -2.59. The summed E-state index contributed by atoms with van der Waals surface area (Å²) in [4.78, 5) is 32.7. The number of aliphatic carboxylic acids is 1. The van der Waals surface area contributed by atoms with Gasteiger partial charge in [-0.1, -0.05) is 0 Å². The molecule has 1 rings (SSSR count). The van der Waals surface area contributed by atoms with E-state index in [2.05, 4.69) is 10.1 Å². The highest BCUT2D eigenvalue weighted by Gasteiger charge is 2.48. The van der Waals surface area contributed by atoms with Crippen molar-refractivity contribution in [2.24, 2.45) is 11.8 Å². The number of esters is 1. The number of carbonyl (C=O) groups excluding carboxylic acids is 2. The van der Waals surface area contributed by atoms with Crippen molar-refractivity contribution in [1.82, 2.24) is 5.32 Å². The molecular weight excluding hydrogens is 214 g/mol. The lowest BCUT2D eigenvalue weighted by Crippen LogP contribution is -2.29. The fourth-order valence-electron chi connectivity index (χ4n) is 1.41. The smallest absolute Gasteiger partial charge is 0.307 e. The summed E-state index contributed by atoms with van der Waals surface area (Å²) in [6.45, 7) is 2.22. The molecule has 16 heavy (non-hydrogen) atoms. The molecule has 0 aliphatic heterocycles. The Morgan fingerprint density at radius 2 is 2.06 bits per heavy atom. The molecular formula is C10H15NO5. The predicted octanol–water partition coefficient (Wildman–Crippen LogP) is -0.223. The molecule has 1 aliphatic carbocycles. The van der Waals surface area contributed by atoms with Crippen LogP contribution in [-0.4, -0.2) is 36.1 Å². The van der Waals surface area contributed by atoms with E-state index in [1.165, 1.54) is 0 Å². The standard InChI is InChI=1S/C10H15NO5/c1-2-16-8(12)3-4-11-9(13)6-5-7(6)10(14)15/h6-7H,2-5H2,1H3,(H,11,13)(H,14,15). The molecule has 6 heteroatoms. The summed E-state index contributed by atoms with van der Waals surface area (Å²) in [6.07, 6.45) is 0.505. The Kier molecular flexibility index (Phi) is 4.28. The van der Waals surface area contributed by atoms with Crippen LogP contribution in [-0.2, 0) is 19.1 Å². The van der Waals surface area contributed by atoms with Crippen molar-refractivity contribution in [3.63, 3.8) is 0 Å². The number of hydrogen-bond acceptors (Lipinski definition) is 4. The highest BCUT2D eigenvalue weighted by Crippen LogP contribution is 2.38. The number of ether oxygens (including phenoxy) is 1. The zero-order valence-electron chi connectivity index (χ0n) is 9.06. The average molecular weight is 229 g/mol. The monoisotopic (exact) mass is 229 g/mol. The summed E-state index contributed by atoms with van der Waals surface area (Å²) in [5, 5.41) is 11.1. The van der Waals surface area contributed by atoms with Crippen molar-refractivity contribution in [3.05, 3.63) is 0 Å². The lowest BCUT2D eigenvalue weighted by molar-refractivity contribution is -0.143. The molecule has 0 heterocycles. The number of amides is 1. The largest absolute Gasteiger partial charge is 0.481 e. The van der Waals surface area contributed by atoms with Gasteiger partial charge in [-0.2, -0.15) is 0 Å². The number of nitrogens with one attached hydrogen (secondary N) is 1. The summed E-state index contributed by atoms with van der Waals surface area (Å²) in [5.41, 5.74) is 0. The van der Waals surface area contributed by atoms with Crippen LogP contribution in [0.5, 0.6) is 0 Å². The van der Waals surface area contributed by atoms with Gasteiger partial charge in [0, 0.05) is 6.54 Å². The maximum Gasteiger partial charge on any atom is 0.307 e. The first kappa shape index (κ1) is 12.5. The molecule has 1 fully saturated rings. The Hall–Kier alpha value is -1.59. The van der Waals surface area contributed by atoms with Gasteiger partial charge in [-0.05, 0) is 13.3 Å². The zero-order chi connectivity index (χ0) is 12.1. The highest BCUT2D eigenvalue weighted by molar-refractivity contribution is 5.89. The molecule has 0 bridgehead atoms. The predicted molar refractivity (Wildman–Crippen MR) is 53.5 cm³/mol. The first-order chi connectivity index (χ1) is 7.56. The Morgan fingerprint density at radius 3 is 2.56 bits per heavy atom. The van der Waals surface area contributed by atoms with Crippen molar-refractivity contribution in [1.29, 1.82) is 0 Å². The van der Waals surface area contributed by atoms with Crippen LogP contribution in [0.3, 0.4) is 0 Å². The molecule has 2 unspecified atom stereocenters. The van der Waals surface area contributed by atoms with Gasteiger partial charge in [0.1, 0.15) is 0 Å². The molecule has 0 spiro atoms. The maximum atomic E-state index is 11.3. The molecule has 90 valence electrons. The van der Waals surface area contributed by atoms with Crippen LogP contribution in [0.25, 0.3) is 0 Å². The van der Waals surface area contributed by atoms with Crippen LogP contribution < -0.4 is 5.32 Å². The van der Waals surface area contributed by atoms with Crippen molar-refractivity contribution >= 4 is 17.8 Å². The fraction of sp³-hybridized carbons (Fsp3) is 0.700. The van der Waals surface area contributed by atoms with Gasteiger partial charge in [-0.25, -0.2) is 0 Å². The molecule has 0 aromatic rings. The van der Waals surface area contributed by atoms with Crippen LogP contribution in [0.1, 0.15) is 19.8 Å². The third-order valence-corrected chi connectivity index (χ3v) is 2.38. The third kappa shape index (κ3) is 3.52. The Labute approximate surface area is 93.0 Å². The molecule has 0 aromatic carbocycles. The van der Waals surface area contributed by atoms with E-state index in [9.17, 15) is 14.4 Å². The summed E-state index contributed by atoms with van der Waals surface area (Å²) < 4.78 is 4.67. The Bertz CT molecular complexity index is 302. The first-order valence-corrected chi connectivity index (χ1v) is 5.22. The Balaban J connectivity index is 2.13. The van der Waals surface area contributed by atoms with E-state index in [-0.39, 0.29) is 24.8 Å². The van der Waals surface area contributed by atoms with Gasteiger partial charge in [0.15, 0.2) is 0 Å². The number of rotatable bonds is 6. The van der Waals surface area contributed by atoms with Crippen LogP contribution in [0.2, 0.25) is 0 Å². The van der Waals surface area contributed by atoms with Gasteiger partial charge in [0.2, 0.25) is 5.91 Å². The highest BCUT2D eigenvalue weighted by atomic mass is 16.5. The van der Waals surface area contributed by atoms with Crippen molar-refractivity contribution < 1.29 is 24.2 Å². The van der Waals surface area contributed by atoms with Crippen molar-refractivity contribution in [2.75, 3.05) is 13.2 Å². The summed E-state index contributed by atoms with van der Waals surface area (Å²) in [7, 11) is 0. The second-order valence-electron chi connectivity index (χ2n) is 3.63. The number of carbonyl (C=O) groups is 3. The molecule has 1 aliphatic rings. The molecule has 0 saturated heterocycles. The second kappa shape index (κ2) is 5.48. The van der Waals surface area contributed by atoms with Crippen LogP contribution in [0, 0.1) is 11.8 Å². The normalized spacial score (nSPS) is 22.3. The van der Waals surface area contributed by atoms with Gasteiger partial charge < -0.3 is 15.2 Å². The van der Waals surface area contributed by atoms with E-state index in [0.29, 0.717) is 13.0 Å². The lowest BCUT2D eigenvalue weighted by Gasteiger charge is -2.04. The average Bonchev–Trinajstić information content (AvgIpc) is 2.97. The quantitative estimate of drug-likeness (QED) is 0.614. The van der Waals surface area contributed by atoms with Crippen LogP contribution >= 0.6 is 0 Å². The molecule has 2 atom stereocenters. The number of carboxylic acids is 1. The van der Waals surface area contributed by atoms with E-state index in [1.807, 2.05) is 0 Å². The molecule has 6 nitrogen and oxygen atoms in total. The molecule has 2 N–H and O–H groups in total. The summed E-state index contributed by atoms with van der Waals surface area (Å²) >= 11 is 0. The van der Waals surface area contributed by atoms with Gasteiger partial charge in [-0.15, -0.1) is 0 Å². The Morgan fingerprint density at radius 1 is 1.38 bits per heavy atom. The summed E-state index contributed by atoms with van der Waals surface area (Å²) in [6, 6.07) is 0. The van der Waals surface area contributed by atoms with E-state index in [1.54, 1.807) is 6.92 Å². The number of carboxylic acid groups (broad SMARTS) is 1. The van der Waals surface area contributed by atoms with Gasteiger partial charge in [-0.3, -0.25) is 14.4 Å². The number of hydrogen-bond donors (Lipinski definition) is 2. The van der Waals surface area contributed by atoms with Gasteiger partial charge >= 0.3 is 11.9 Å². The molecule has 0 aromatic heterocycles. The fourth-order valence-corrected chi connectivity index (χ4v) is 1.41. The maximum absolute atomic E-state index is 11.3. The molecule has 1 saturated carbocycles.